The first-order chi connectivity index (χ1) is 32.0. The van der Waals surface area contributed by atoms with E-state index in [0.717, 1.165) is 112 Å². The number of hydrogen-bond donors (Lipinski definition) is 0. The van der Waals surface area contributed by atoms with Gasteiger partial charge in [0.15, 0.2) is 0 Å². The van der Waals surface area contributed by atoms with Crippen molar-refractivity contribution in [3.8, 4) is 0 Å². The average Bonchev–Trinajstić information content (AvgIpc) is 4.25. The summed E-state index contributed by atoms with van der Waals surface area (Å²) in [6.45, 7) is 40.7. The topological polar surface area (TPSA) is 0 Å². The molecule has 20 atom stereocenters. The van der Waals surface area contributed by atoms with Crippen molar-refractivity contribution in [2.45, 2.75) is 271 Å². The Balaban J connectivity index is 1.51. The highest BCUT2D eigenvalue weighted by Crippen LogP contribution is 2.52. The summed E-state index contributed by atoms with van der Waals surface area (Å²) in [7, 11) is 0. The van der Waals surface area contributed by atoms with E-state index in [1.54, 1.807) is 0 Å². The zero-order valence-electron chi connectivity index (χ0n) is 48.7. The molecule has 20 unspecified atom stereocenters. The Morgan fingerprint density at radius 1 is 0.537 bits per heavy atom. The first kappa shape index (κ1) is 60.5. The Morgan fingerprint density at radius 2 is 1.15 bits per heavy atom. The number of allylic oxidation sites excluding steroid dienone is 6. The second kappa shape index (κ2) is 33.0. The van der Waals surface area contributed by atoms with Gasteiger partial charge in [-0.15, -0.1) is 0 Å². The summed E-state index contributed by atoms with van der Waals surface area (Å²) in [5.41, 5.74) is 0. The lowest BCUT2D eigenvalue weighted by molar-refractivity contribution is 0.0855. The van der Waals surface area contributed by atoms with Crippen LogP contribution in [-0.4, -0.2) is 0 Å². The van der Waals surface area contributed by atoms with Crippen LogP contribution in [0, 0.1) is 118 Å². The predicted molar refractivity (Wildman–Crippen MR) is 303 cm³/mol. The van der Waals surface area contributed by atoms with E-state index in [1.165, 1.54) is 161 Å². The normalized spacial score (nSPS) is 33.5. The zero-order chi connectivity index (χ0) is 49.5. The summed E-state index contributed by atoms with van der Waals surface area (Å²) in [6, 6.07) is 0. The highest BCUT2D eigenvalue weighted by molar-refractivity contribution is 5.03. The molecule has 3 aliphatic carbocycles. The Hall–Kier alpha value is -0.780. The maximum Gasteiger partial charge on any atom is -0.0202 e. The summed E-state index contributed by atoms with van der Waals surface area (Å²) in [6.07, 6.45) is 50.6. The van der Waals surface area contributed by atoms with Crippen molar-refractivity contribution in [2.75, 3.05) is 0 Å². The number of hydrogen-bond acceptors (Lipinski definition) is 0. The van der Waals surface area contributed by atoms with Gasteiger partial charge >= 0.3 is 0 Å². The minimum absolute atomic E-state index is 0.712. The SMILES string of the molecule is CCCC(C)C(C)C(C)C(C)C(C)C(C)C(C)C(C)C(C)C1CC1CCCCCC1C=CCCC=CC2CC2CCCCC(CC)CC=CC(C)CC(CC(C)CC)CC(C)CCCCC1C. The molecule has 0 amide bonds. The fourth-order valence-electron chi connectivity index (χ4n) is 14.2. The zero-order valence-corrected chi connectivity index (χ0v) is 48.7. The van der Waals surface area contributed by atoms with Crippen molar-refractivity contribution in [1.29, 1.82) is 0 Å². The molecule has 3 rings (SSSR count). The van der Waals surface area contributed by atoms with Crippen molar-refractivity contribution in [2.24, 2.45) is 118 Å². The maximum absolute atomic E-state index is 2.70. The van der Waals surface area contributed by atoms with E-state index in [4.69, 9.17) is 0 Å². The van der Waals surface area contributed by atoms with Crippen LogP contribution < -0.4 is 0 Å². The lowest BCUT2D eigenvalue weighted by Gasteiger charge is -2.40. The minimum atomic E-state index is 0.712. The molecule has 0 N–H and O–H groups in total. The van der Waals surface area contributed by atoms with Gasteiger partial charge in [0, 0.05) is 0 Å². The van der Waals surface area contributed by atoms with Crippen molar-refractivity contribution in [3.63, 3.8) is 0 Å². The number of fused-ring (bicyclic) bond motifs is 1. The molecule has 0 heteroatoms. The van der Waals surface area contributed by atoms with Crippen LogP contribution >= 0.6 is 0 Å². The fourth-order valence-corrected chi connectivity index (χ4v) is 14.2. The van der Waals surface area contributed by atoms with E-state index >= 15 is 0 Å². The van der Waals surface area contributed by atoms with Gasteiger partial charge in [-0.2, -0.15) is 0 Å². The summed E-state index contributed by atoms with van der Waals surface area (Å²) in [5.74, 6) is 16.9. The van der Waals surface area contributed by atoms with E-state index < -0.39 is 0 Å². The van der Waals surface area contributed by atoms with E-state index in [-0.39, 0.29) is 0 Å². The van der Waals surface area contributed by atoms with E-state index in [2.05, 4.69) is 147 Å². The monoisotopic (exact) mass is 929 g/mol. The first-order valence-corrected chi connectivity index (χ1v) is 31.0. The van der Waals surface area contributed by atoms with Crippen molar-refractivity contribution in [3.05, 3.63) is 36.5 Å². The molecule has 0 aromatic rings. The summed E-state index contributed by atoms with van der Waals surface area (Å²) < 4.78 is 0. The fraction of sp³-hybridized carbons (Fsp3) is 0.910. The summed E-state index contributed by atoms with van der Waals surface area (Å²) in [4.78, 5) is 0. The minimum Gasteiger partial charge on any atom is -0.0880 e. The molecule has 0 saturated heterocycles. The van der Waals surface area contributed by atoms with Gasteiger partial charge in [-0.25, -0.2) is 0 Å². The third kappa shape index (κ3) is 22.7. The molecule has 0 spiro atoms. The Morgan fingerprint density at radius 3 is 1.82 bits per heavy atom. The smallest absolute Gasteiger partial charge is 0.0202 e. The largest absolute Gasteiger partial charge is 0.0880 e. The molecule has 0 bridgehead atoms. The molecule has 67 heavy (non-hydrogen) atoms. The molecule has 0 radical (unpaired) electrons. The Labute approximate surface area is 424 Å². The van der Waals surface area contributed by atoms with Crippen LogP contribution in [0.5, 0.6) is 0 Å². The van der Waals surface area contributed by atoms with Gasteiger partial charge < -0.3 is 0 Å². The molecule has 0 aliphatic heterocycles. The molecule has 0 heterocycles. The molecule has 0 nitrogen and oxygen atoms in total. The summed E-state index contributed by atoms with van der Waals surface area (Å²) >= 11 is 0. The van der Waals surface area contributed by atoms with Crippen LogP contribution in [0.3, 0.4) is 0 Å². The van der Waals surface area contributed by atoms with Gasteiger partial charge in [-0.1, -0.05) is 244 Å². The highest BCUT2D eigenvalue weighted by Gasteiger charge is 2.44. The third-order valence-electron chi connectivity index (χ3n) is 21.1. The maximum atomic E-state index is 2.70. The summed E-state index contributed by atoms with van der Waals surface area (Å²) in [5, 5.41) is 0. The van der Waals surface area contributed by atoms with Crippen LogP contribution in [0.15, 0.2) is 36.5 Å². The van der Waals surface area contributed by atoms with Gasteiger partial charge in [0.05, 0.1) is 0 Å². The van der Waals surface area contributed by atoms with Crippen molar-refractivity contribution in [1.82, 2.24) is 0 Å². The van der Waals surface area contributed by atoms with Crippen LogP contribution in [0.25, 0.3) is 0 Å². The highest BCUT2D eigenvalue weighted by atomic mass is 14.5. The molecule has 3 aliphatic rings. The molecular formula is C67H124. The van der Waals surface area contributed by atoms with Gasteiger partial charge in [0.2, 0.25) is 0 Å². The number of rotatable bonds is 21. The molecule has 0 aromatic carbocycles. The second-order valence-electron chi connectivity index (χ2n) is 26.3. The van der Waals surface area contributed by atoms with E-state index in [9.17, 15) is 0 Å². The lowest BCUT2D eigenvalue weighted by atomic mass is 9.65. The molecule has 2 saturated carbocycles. The lowest BCUT2D eigenvalue weighted by Crippen LogP contribution is -2.34. The van der Waals surface area contributed by atoms with Crippen LogP contribution in [-0.2, 0) is 0 Å². The Kier molecular flexibility index (Phi) is 29.9. The van der Waals surface area contributed by atoms with E-state index in [1.807, 2.05) is 0 Å². The van der Waals surface area contributed by atoms with E-state index in [0.29, 0.717) is 5.92 Å². The van der Waals surface area contributed by atoms with Gasteiger partial charge in [0.25, 0.3) is 0 Å². The van der Waals surface area contributed by atoms with Gasteiger partial charge in [0.1, 0.15) is 0 Å². The molecular weight excluding hydrogens is 805 g/mol. The third-order valence-corrected chi connectivity index (χ3v) is 21.1. The molecule has 0 aromatic heterocycles. The van der Waals surface area contributed by atoms with Crippen LogP contribution in [0.2, 0.25) is 0 Å². The standard InChI is InChI=1S/C67H124/c1-17-32-51(7)53(9)54(10)55(11)56(12)57(13)58(14)59(15)60(16)67-47-66(67)42-26-22-25-39-63-38-23-20-21-24-40-64-46-65(64)41-30-29-36-61(19-3)37-31-34-50(6)45-62(43-48(4)18-2)44-49(5)33-27-28-35-52(63)8/h23-24,31,34,38,40,48-67H,17-22,25-30,32-33,35-37,39,41-47H2,1-16H3. The van der Waals surface area contributed by atoms with Crippen molar-refractivity contribution < 1.29 is 0 Å². The van der Waals surface area contributed by atoms with Crippen LogP contribution in [0.4, 0.5) is 0 Å². The second-order valence-corrected chi connectivity index (χ2v) is 26.3. The average molecular weight is 930 g/mol. The Bertz CT molecular complexity index is 1320. The van der Waals surface area contributed by atoms with Crippen molar-refractivity contribution >= 4 is 0 Å². The molecule has 2 fully saturated rings. The van der Waals surface area contributed by atoms with Gasteiger partial charge in [-0.3, -0.25) is 0 Å². The van der Waals surface area contributed by atoms with Gasteiger partial charge in [-0.05, 0) is 183 Å². The first-order valence-electron chi connectivity index (χ1n) is 31.0. The predicted octanol–water partition coefficient (Wildman–Crippen LogP) is 22.1. The molecule has 392 valence electrons. The quantitative estimate of drug-likeness (QED) is 0.0795. The van der Waals surface area contributed by atoms with Crippen LogP contribution in [0.1, 0.15) is 271 Å². The number of unbranched alkanes of at least 4 members (excludes halogenated alkanes) is 2.